The molecule has 6 heteroatoms. The molecule has 1 atom stereocenters. The lowest BCUT2D eigenvalue weighted by Gasteiger charge is -2.33. The Morgan fingerprint density at radius 2 is 1.89 bits per heavy atom. The second-order valence-electron chi connectivity index (χ2n) is 6.78. The molecular weight excluding hydrogens is 383 g/mol. The Morgan fingerprint density at radius 1 is 1.11 bits per heavy atom. The molecule has 1 heterocycles. The highest BCUT2D eigenvalue weighted by Crippen LogP contribution is 2.45. The van der Waals surface area contributed by atoms with Crippen molar-refractivity contribution >= 4 is 46.3 Å². The predicted molar refractivity (Wildman–Crippen MR) is 108 cm³/mol. The smallest absolute Gasteiger partial charge is 0.224 e. The number of fused-ring (bicyclic) bond motifs is 1. The molecule has 4 nitrogen and oxygen atoms in total. The minimum absolute atomic E-state index is 0.0545. The molecule has 2 aromatic rings. The number of para-hydroxylation sites is 2. The van der Waals surface area contributed by atoms with E-state index < -0.39 is 6.04 Å². The molecule has 0 spiro atoms. The standard InChI is InChI=1S/C21H18Cl2N2O2/c1-12(26)25-18-7-3-2-5-16(18)24-17-6-4-8-19(27)20(17)21(25)13-9-10-14(22)15(23)11-13/h2-3,5,7,9-11,21,24H,4,6,8H2,1H3/t21-/m1/s1. The number of ketones is 1. The van der Waals surface area contributed by atoms with Gasteiger partial charge >= 0.3 is 0 Å². The molecule has 4 rings (SSSR count). The fourth-order valence-electron chi connectivity index (χ4n) is 3.88. The van der Waals surface area contributed by atoms with Crippen molar-refractivity contribution < 1.29 is 9.59 Å². The Hall–Kier alpha value is -2.30. The van der Waals surface area contributed by atoms with Crippen molar-refractivity contribution in [1.29, 1.82) is 0 Å². The summed E-state index contributed by atoms with van der Waals surface area (Å²) in [4.78, 5) is 27.4. The van der Waals surface area contributed by atoms with Crippen LogP contribution >= 0.6 is 23.2 Å². The molecule has 2 aliphatic rings. The summed E-state index contributed by atoms with van der Waals surface area (Å²) in [5.41, 5.74) is 3.83. The number of allylic oxidation sites excluding steroid dienone is 1. The molecule has 1 N–H and O–H groups in total. The van der Waals surface area contributed by atoms with Crippen molar-refractivity contribution in [1.82, 2.24) is 0 Å². The lowest BCUT2D eigenvalue weighted by Crippen LogP contribution is -2.36. The van der Waals surface area contributed by atoms with Gasteiger partial charge in [-0.1, -0.05) is 41.4 Å². The first-order valence-electron chi connectivity index (χ1n) is 8.84. The van der Waals surface area contributed by atoms with E-state index in [9.17, 15) is 9.59 Å². The Labute approximate surface area is 167 Å². The topological polar surface area (TPSA) is 49.4 Å². The lowest BCUT2D eigenvalue weighted by molar-refractivity contribution is -0.117. The quantitative estimate of drug-likeness (QED) is 0.685. The number of hydrogen-bond acceptors (Lipinski definition) is 3. The van der Waals surface area contributed by atoms with Crippen molar-refractivity contribution in [2.24, 2.45) is 0 Å². The molecule has 0 unspecified atom stereocenters. The Balaban J connectivity index is 2.01. The maximum absolute atomic E-state index is 12.9. The zero-order chi connectivity index (χ0) is 19.1. The summed E-state index contributed by atoms with van der Waals surface area (Å²) in [5.74, 6) is -0.0914. The first-order chi connectivity index (χ1) is 13.0. The zero-order valence-corrected chi connectivity index (χ0v) is 16.3. The van der Waals surface area contributed by atoms with E-state index in [0.717, 1.165) is 35.5 Å². The van der Waals surface area contributed by atoms with E-state index >= 15 is 0 Å². The Morgan fingerprint density at radius 3 is 2.63 bits per heavy atom. The normalized spacial score (nSPS) is 19.1. The van der Waals surface area contributed by atoms with Crippen molar-refractivity contribution in [2.45, 2.75) is 32.2 Å². The number of halogens is 2. The van der Waals surface area contributed by atoms with Gasteiger partial charge in [0, 0.05) is 24.6 Å². The van der Waals surface area contributed by atoms with Gasteiger partial charge in [0.05, 0.1) is 27.5 Å². The van der Waals surface area contributed by atoms with Crippen LogP contribution in [0, 0.1) is 0 Å². The molecule has 1 aliphatic carbocycles. The molecule has 1 aliphatic heterocycles. The average molecular weight is 401 g/mol. The summed E-state index contributed by atoms with van der Waals surface area (Å²) in [6.45, 7) is 1.51. The zero-order valence-electron chi connectivity index (χ0n) is 14.8. The number of anilines is 2. The van der Waals surface area contributed by atoms with E-state index in [1.807, 2.05) is 30.3 Å². The third-order valence-corrected chi connectivity index (χ3v) is 5.77. The minimum Gasteiger partial charge on any atom is -0.357 e. The van der Waals surface area contributed by atoms with Crippen LogP contribution in [0.2, 0.25) is 10.0 Å². The molecule has 0 aromatic heterocycles. The van der Waals surface area contributed by atoms with Gasteiger partial charge in [0.25, 0.3) is 0 Å². The number of benzene rings is 2. The lowest BCUT2D eigenvalue weighted by atomic mass is 9.86. The van der Waals surface area contributed by atoms with Crippen LogP contribution in [0.15, 0.2) is 53.7 Å². The average Bonchev–Trinajstić information content (AvgIpc) is 2.79. The summed E-state index contributed by atoms with van der Waals surface area (Å²) >= 11 is 12.4. The Kier molecular flexibility index (Phi) is 4.70. The maximum Gasteiger partial charge on any atom is 0.224 e. The monoisotopic (exact) mass is 400 g/mol. The van der Waals surface area contributed by atoms with E-state index in [1.54, 1.807) is 17.0 Å². The first-order valence-corrected chi connectivity index (χ1v) is 9.60. The molecule has 0 saturated carbocycles. The molecule has 1 amide bonds. The molecule has 0 fully saturated rings. The fraction of sp³-hybridized carbons (Fsp3) is 0.238. The molecule has 0 saturated heterocycles. The summed E-state index contributed by atoms with van der Waals surface area (Å²) in [6.07, 6.45) is 2.03. The summed E-state index contributed by atoms with van der Waals surface area (Å²) in [6, 6.07) is 12.3. The number of hydrogen-bond donors (Lipinski definition) is 1. The molecule has 0 bridgehead atoms. The SMILES string of the molecule is CC(=O)N1c2ccccc2NC2=C(C(=O)CCC2)[C@H]1c1ccc(Cl)c(Cl)c1. The second-order valence-corrected chi connectivity index (χ2v) is 7.59. The van der Waals surface area contributed by atoms with E-state index in [-0.39, 0.29) is 11.7 Å². The van der Waals surface area contributed by atoms with Gasteiger partial charge in [0.15, 0.2) is 5.78 Å². The second kappa shape index (κ2) is 7.02. The van der Waals surface area contributed by atoms with Crippen molar-refractivity contribution in [2.75, 3.05) is 10.2 Å². The van der Waals surface area contributed by atoms with Crippen LogP contribution in [-0.4, -0.2) is 11.7 Å². The summed E-state index contributed by atoms with van der Waals surface area (Å²) in [7, 11) is 0. The van der Waals surface area contributed by atoms with Crippen LogP contribution in [0.4, 0.5) is 11.4 Å². The first kappa shape index (κ1) is 18.1. The Bertz CT molecular complexity index is 984. The van der Waals surface area contributed by atoms with Crippen LogP contribution in [0.1, 0.15) is 37.8 Å². The van der Waals surface area contributed by atoms with Crippen LogP contribution in [0.3, 0.4) is 0 Å². The van der Waals surface area contributed by atoms with Crippen LogP contribution in [0.5, 0.6) is 0 Å². The van der Waals surface area contributed by atoms with Crippen molar-refractivity contribution in [3.8, 4) is 0 Å². The highest BCUT2D eigenvalue weighted by atomic mass is 35.5. The molecule has 2 aromatic carbocycles. The van der Waals surface area contributed by atoms with E-state index in [1.165, 1.54) is 6.92 Å². The van der Waals surface area contributed by atoms with Crippen LogP contribution in [0.25, 0.3) is 0 Å². The van der Waals surface area contributed by atoms with Gasteiger partial charge in [0.2, 0.25) is 5.91 Å². The highest BCUT2D eigenvalue weighted by Gasteiger charge is 2.38. The molecular formula is C21H18Cl2N2O2. The summed E-state index contributed by atoms with van der Waals surface area (Å²) < 4.78 is 0. The van der Waals surface area contributed by atoms with Gasteiger partial charge in [-0.3, -0.25) is 14.5 Å². The molecule has 0 radical (unpaired) electrons. The van der Waals surface area contributed by atoms with Gasteiger partial charge in [0.1, 0.15) is 0 Å². The number of carbonyl (C=O) groups is 2. The van der Waals surface area contributed by atoms with Crippen molar-refractivity contribution in [3.05, 3.63) is 69.3 Å². The number of carbonyl (C=O) groups excluding carboxylic acids is 2. The number of rotatable bonds is 1. The maximum atomic E-state index is 12.9. The third kappa shape index (κ3) is 3.13. The largest absolute Gasteiger partial charge is 0.357 e. The number of nitrogens with one attached hydrogen (secondary N) is 1. The predicted octanol–water partition coefficient (Wildman–Crippen LogP) is 5.52. The fourth-order valence-corrected chi connectivity index (χ4v) is 4.19. The van der Waals surface area contributed by atoms with E-state index in [2.05, 4.69) is 5.32 Å². The van der Waals surface area contributed by atoms with Crippen LogP contribution in [-0.2, 0) is 9.59 Å². The van der Waals surface area contributed by atoms with E-state index in [4.69, 9.17) is 23.2 Å². The van der Waals surface area contributed by atoms with Crippen molar-refractivity contribution in [3.63, 3.8) is 0 Å². The van der Waals surface area contributed by atoms with Gasteiger partial charge in [-0.15, -0.1) is 0 Å². The number of Topliss-reactive ketones (excluding diaryl/α,β-unsaturated/α-hetero) is 1. The molecule has 27 heavy (non-hydrogen) atoms. The third-order valence-electron chi connectivity index (χ3n) is 5.04. The highest BCUT2D eigenvalue weighted by molar-refractivity contribution is 6.42. The van der Waals surface area contributed by atoms with Gasteiger partial charge in [-0.25, -0.2) is 0 Å². The van der Waals surface area contributed by atoms with Crippen LogP contribution < -0.4 is 10.2 Å². The van der Waals surface area contributed by atoms with Gasteiger partial charge < -0.3 is 5.32 Å². The number of amides is 1. The molecule has 138 valence electrons. The minimum atomic E-state index is -0.545. The number of nitrogens with zero attached hydrogens (tertiary/aromatic N) is 1. The van der Waals surface area contributed by atoms with E-state index in [0.29, 0.717) is 22.0 Å². The van der Waals surface area contributed by atoms with Gasteiger partial charge in [-0.2, -0.15) is 0 Å². The van der Waals surface area contributed by atoms with Gasteiger partial charge in [-0.05, 0) is 42.7 Å². The summed E-state index contributed by atoms with van der Waals surface area (Å²) in [5, 5.41) is 4.24.